The van der Waals surface area contributed by atoms with Crippen LogP contribution in [0.1, 0.15) is 335 Å². The van der Waals surface area contributed by atoms with Gasteiger partial charge < -0.3 is 28.5 Å². The maximum atomic E-state index is 13.6. The van der Waals surface area contributed by atoms with Crippen LogP contribution in [-0.2, 0) is 27.9 Å². The summed E-state index contributed by atoms with van der Waals surface area (Å²) in [6.07, 6.45) is 79.1. The van der Waals surface area contributed by atoms with Gasteiger partial charge in [0.05, 0.1) is 33.8 Å². The minimum atomic E-state index is -4.70. The van der Waals surface area contributed by atoms with Crippen LogP contribution in [-0.4, -0.2) is 69.4 Å². The van der Waals surface area contributed by atoms with E-state index in [-0.39, 0.29) is 31.5 Å². The summed E-state index contributed by atoms with van der Waals surface area (Å²) in [7, 11) is 1.19. The van der Waals surface area contributed by atoms with Crippen LogP contribution in [0.2, 0.25) is 0 Å². The molecule has 480 valence electrons. The fourth-order valence-electron chi connectivity index (χ4n) is 10.2. The predicted octanol–water partition coefficient (Wildman–Crippen LogP) is 21.5. The molecule has 0 heterocycles. The van der Waals surface area contributed by atoms with E-state index in [1.54, 1.807) is 0 Å². The van der Waals surface area contributed by atoms with Gasteiger partial charge >= 0.3 is 5.97 Å². The molecule has 82 heavy (non-hydrogen) atoms. The Bertz CT molecular complexity index is 1590. The van der Waals surface area contributed by atoms with Crippen molar-refractivity contribution in [2.45, 2.75) is 348 Å². The first kappa shape index (κ1) is 79.7. The molecular weight excluding hydrogens is 1040 g/mol. The van der Waals surface area contributed by atoms with Crippen LogP contribution in [0.3, 0.4) is 0 Å². The summed E-state index contributed by atoms with van der Waals surface area (Å²) >= 11 is 0. The number of phosphoric acid groups is 1. The largest absolute Gasteiger partial charge is 0.756 e. The number of amides is 1. The lowest BCUT2D eigenvalue weighted by Crippen LogP contribution is -2.47. The first-order valence-electron chi connectivity index (χ1n) is 35.1. The number of phosphoric ester groups is 1. The van der Waals surface area contributed by atoms with E-state index in [0.717, 1.165) is 70.6 Å². The van der Waals surface area contributed by atoms with Gasteiger partial charge in [-0.05, 0) is 96.0 Å². The number of hydrogen-bond donors (Lipinski definition) is 1. The fourth-order valence-corrected chi connectivity index (χ4v) is 11.0. The van der Waals surface area contributed by atoms with Crippen molar-refractivity contribution >= 4 is 19.7 Å². The SMILES string of the molecule is CCCCC/C=C\C/C=C\C/C=C\CCCCCCCCCCCCCCC(=O)OC(/C=C\CCCCCCCCCCCC)C(COP(=O)([O-])OCC[N+](C)(C)C)NC(=O)CCCCCCCCCCC/C=C/CCCCCCCC. The molecule has 0 aromatic rings. The molecule has 10 heteroatoms. The average molecular weight is 1170 g/mol. The number of likely N-dealkylation sites (N-methyl/N-ethyl adjacent to an activating group) is 1. The van der Waals surface area contributed by atoms with E-state index in [0.29, 0.717) is 17.4 Å². The molecule has 0 aliphatic carbocycles. The molecule has 0 saturated carbocycles. The standard InChI is InChI=1S/C72H135N2O7P/c1-7-10-13-16-19-22-25-28-30-32-34-35-36-37-38-39-41-43-45-47-50-53-56-59-62-65-72(76)81-70(63-60-57-54-51-48-27-24-21-18-15-12-9-3)69(68-80-82(77,78)79-67-66-74(4,5)6)73-71(75)64-61-58-55-52-49-46-44-42-40-33-31-29-26-23-20-17-14-11-8-2/h19,22,28-31,34-35,60,63,69-70H,7-18,20-21,23-27,32-33,36-59,61-62,64-68H2,1-6H3,(H-,73,75,77,78)/b22-19-,30-28-,31-29+,35-34-,63-60-. The van der Waals surface area contributed by atoms with Crippen molar-refractivity contribution in [2.75, 3.05) is 40.9 Å². The second kappa shape index (κ2) is 61.8. The van der Waals surface area contributed by atoms with Gasteiger partial charge in [-0.1, -0.05) is 287 Å². The minimum Gasteiger partial charge on any atom is -0.756 e. The topological polar surface area (TPSA) is 114 Å². The van der Waals surface area contributed by atoms with Gasteiger partial charge in [-0.25, -0.2) is 0 Å². The monoisotopic (exact) mass is 1170 g/mol. The molecule has 3 unspecified atom stereocenters. The van der Waals surface area contributed by atoms with Crippen LogP contribution < -0.4 is 10.2 Å². The normalized spacial score (nSPS) is 13.9. The number of rotatable bonds is 64. The van der Waals surface area contributed by atoms with E-state index in [1.165, 1.54) is 231 Å². The summed E-state index contributed by atoms with van der Waals surface area (Å²) in [6.45, 7) is 6.85. The molecule has 0 spiro atoms. The summed E-state index contributed by atoms with van der Waals surface area (Å²) < 4.78 is 30.4. The highest BCUT2D eigenvalue weighted by Crippen LogP contribution is 2.38. The Morgan fingerprint density at radius 2 is 0.744 bits per heavy atom. The molecule has 0 fully saturated rings. The van der Waals surface area contributed by atoms with Gasteiger partial charge in [0.25, 0.3) is 7.82 Å². The number of hydrogen-bond acceptors (Lipinski definition) is 7. The van der Waals surface area contributed by atoms with E-state index in [1.807, 2.05) is 33.3 Å². The molecule has 9 nitrogen and oxygen atoms in total. The highest BCUT2D eigenvalue weighted by Gasteiger charge is 2.27. The highest BCUT2D eigenvalue weighted by molar-refractivity contribution is 7.45. The second-order valence-corrected chi connectivity index (χ2v) is 26.4. The molecule has 0 bridgehead atoms. The Balaban J connectivity index is 5.07. The highest BCUT2D eigenvalue weighted by atomic mass is 31.2. The molecule has 1 amide bonds. The van der Waals surface area contributed by atoms with Crippen LogP contribution in [0, 0.1) is 0 Å². The predicted molar refractivity (Wildman–Crippen MR) is 353 cm³/mol. The first-order chi connectivity index (χ1) is 39.9. The molecule has 0 aliphatic heterocycles. The molecule has 0 aliphatic rings. The van der Waals surface area contributed by atoms with Gasteiger partial charge in [0.2, 0.25) is 5.91 Å². The van der Waals surface area contributed by atoms with Crippen LogP contribution in [0.25, 0.3) is 0 Å². The molecule has 0 rings (SSSR count). The van der Waals surface area contributed by atoms with Crippen molar-refractivity contribution in [2.24, 2.45) is 0 Å². The average Bonchev–Trinajstić information content (AvgIpc) is 3.44. The van der Waals surface area contributed by atoms with Crippen LogP contribution in [0.5, 0.6) is 0 Å². The van der Waals surface area contributed by atoms with Gasteiger partial charge in [0.15, 0.2) is 0 Å². The summed E-state index contributed by atoms with van der Waals surface area (Å²) in [5, 5.41) is 3.04. The molecule has 0 aromatic carbocycles. The number of quaternary nitrogens is 1. The van der Waals surface area contributed by atoms with Crippen LogP contribution in [0.4, 0.5) is 0 Å². The lowest BCUT2D eigenvalue weighted by Gasteiger charge is -2.30. The number of ether oxygens (including phenoxy) is 1. The quantitative estimate of drug-likeness (QED) is 0.0212. The Labute approximate surface area is 509 Å². The van der Waals surface area contributed by atoms with Crippen LogP contribution in [0.15, 0.2) is 60.8 Å². The Hall–Kier alpha value is -2.29. The van der Waals surface area contributed by atoms with Gasteiger partial charge in [0.1, 0.15) is 19.3 Å². The zero-order valence-corrected chi connectivity index (χ0v) is 55.8. The number of nitrogens with zero attached hydrogens (tertiary/aromatic N) is 1. The summed E-state index contributed by atoms with van der Waals surface area (Å²) in [6, 6.07) is -0.891. The fraction of sp³-hybridized carbons (Fsp3) is 0.833. The van der Waals surface area contributed by atoms with E-state index >= 15 is 0 Å². The van der Waals surface area contributed by atoms with Crippen molar-refractivity contribution in [3.05, 3.63) is 60.8 Å². The summed E-state index contributed by atoms with van der Waals surface area (Å²) in [5.41, 5.74) is 0. The minimum absolute atomic E-state index is 0.0228. The Kier molecular flexibility index (Phi) is 60.1. The number of unbranched alkanes of at least 4 members (excludes halogenated alkanes) is 40. The van der Waals surface area contributed by atoms with Crippen molar-refractivity contribution < 1.29 is 37.3 Å². The third-order valence-corrected chi connectivity index (χ3v) is 16.6. The first-order valence-corrected chi connectivity index (χ1v) is 36.6. The zero-order valence-electron chi connectivity index (χ0n) is 54.9. The summed E-state index contributed by atoms with van der Waals surface area (Å²) in [4.78, 5) is 40.2. The van der Waals surface area contributed by atoms with Crippen molar-refractivity contribution in [3.8, 4) is 0 Å². The maximum absolute atomic E-state index is 13.6. The van der Waals surface area contributed by atoms with E-state index < -0.39 is 20.0 Å². The van der Waals surface area contributed by atoms with Gasteiger partial charge in [-0.15, -0.1) is 0 Å². The van der Waals surface area contributed by atoms with Crippen LogP contribution >= 0.6 is 7.82 Å². The van der Waals surface area contributed by atoms with E-state index in [4.69, 9.17) is 13.8 Å². The molecule has 0 radical (unpaired) electrons. The number of esters is 1. The molecular formula is C72H135N2O7P. The second-order valence-electron chi connectivity index (χ2n) is 25.0. The maximum Gasteiger partial charge on any atom is 0.306 e. The Morgan fingerprint density at radius 1 is 0.427 bits per heavy atom. The smallest absolute Gasteiger partial charge is 0.306 e. The van der Waals surface area contributed by atoms with Crippen molar-refractivity contribution in [1.29, 1.82) is 0 Å². The van der Waals surface area contributed by atoms with E-state index in [9.17, 15) is 19.0 Å². The van der Waals surface area contributed by atoms with Gasteiger partial charge in [-0.2, -0.15) is 0 Å². The molecule has 0 saturated heterocycles. The number of allylic oxidation sites excluding steroid dienone is 9. The molecule has 1 N–H and O–H groups in total. The van der Waals surface area contributed by atoms with Gasteiger partial charge in [-0.3, -0.25) is 14.2 Å². The van der Waals surface area contributed by atoms with Crippen molar-refractivity contribution in [3.63, 3.8) is 0 Å². The molecule has 0 aromatic heterocycles. The summed E-state index contributed by atoms with van der Waals surface area (Å²) in [5.74, 6) is -0.534. The Morgan fingerprint density at radius 3 is 1.15 bits per heavy atom. The number of nitrogens with one attached hydrogen (secondary N) is 1. The zero-order chi connectivity index (χ0) is 60.0. The third kappa shape index (κ3) is 62.2. The third-order valence-electron chi connectivity index (χ3n) is 15.7. The number of carbonyl (C=O) groups is 2. The van der Waals surface area contributed by atoms with Crippen molar-refractivity contribution in [1.82, 2.24) is 5.32 Å². The van der Waals surface area contributed by atoms with Gasteiger partial charge in [0, 0.05) is 12.8 Å². The lowest BCUT2D eigenvalue weighted by atomic mass is 10.0. The number of carbonyl (C=O) groups excluding carboxylic acids is 2. The van der Waals surface area contributed by atoms with E-state index in [2.05, 4.69) is 74.7 Å². The molecule has 3 atom stereocenters. The lowest BCUT2D eigenvalue weighted by molar-refractivity contribution is -0.870.